The lowest BCUT2D eigenvalue weighted by Gasteiger charge is -2.53. The number of nitrogens with one attached hydrogen (secondary N) is 1. The van der Waals surface area contributed by atoms with Crippen LogP contribution in [0.15, 0.2) is 0 Å². The van der Waals surface area contributed by atoms with Gasteiger partial charge in [-0.05, 0) is 44.1 Å². The molecule has 26 heavy (non-hydrogen) atoms. The zero-order valence-corrected chi connectivity index (χ0v) is 16.5. The maximum Gasteiger partial charge on any atom is 0.236 e. The van der Waals surface area contributed by atoms with Crippen LogP contribution in [0.4, 0.5) is 0 Å². The van der Waals surface area contributed by atoms with Crippen molar-refractivity contribution in [2.24, 2.45) is 17.8 Å². The summed E-state index contributed by atoms with van der Waals surface area (Å²) in [7, 11) is 3.48. The third-order valence-corrected chi connectivity index (χ3v) is 8.10. The minimum absolute atomic E-state index is 0.0228. The van der Waals surface area contributed by atoms with Crippen LogP contribution in [0.1, 0.15) is 25.7 Å². The topological polar surface area (TPSA) is 90.5 Å². The fraction of sp³-hybridized carbons (Fsp3) is 0.944. The van der Waals surface area contributed by atoms with E-state index in [1.807, 2.05) is 10.2 Å². The minimum atomic E-state index is -0.924. The lowest BCUT2D eigenvalue weighted by Crippen LogP contribution is -3.05. The van der Waals surface area contributed by atoms with Crippen LogP contribution in [0.2, 0.25) is 0 Å². The van der Waals surface area contributed by atoms with Crippen molar-refractivity contribution in [2.75, 3.05) is 33.1 Å². The molecule has 1 amide bonds. The molecule has 0 spiro atoms. The number of hydrogen-bond acceptors (Lipinski definition) is 6. The highest BCUT2D eigenvalue weighted by Crippen LogP contribution is 2.42. The average molecular weight is 386 g/mol. The van der Waals surface area contributed by atoms with Gasteiger partial charge in [-0.1, -0.05) is 11.8 Å². The van der Waals surface area contributed by atoms with Gasteiger partial charge in [0.25, 0.3) is 0 Å². The molecular weight excluding hydrogens is 354 g/mol. The van der Waals surface area contributed by atoms with E-state index in [0.29, 0.717) is 11.8 Å². The predicted octanol–water partition coefficient (Wildman–Crippen LogP) is -1.47. The second-order valence-electron chi connectivity index (χ2n) is 8.04. The highest BCUT2D eigenvalue weighted by Gasteiger charge is 2.51. The Hall–Kier alpha value is -0.380. The molecule has 3 aliphatic heterocycles. The van der Waals surface area contributed by atoms with Crippen molar-refractivity contribution in [1.29, 1.82) is 0 Å². The Morgan fingerprint density at radius 2 is 2.04 bits per heavy atom. The Kier molecular flexibility index (Phi) is 5.78. The van der Waals surface area contributed by atoms with Crippen molar-refractivity contribution in [2.45, 2.75) is 55.7 Å². The van der Waals surface area contributed by atoms with Crippen molar-refractivity contribution in [3.05, 3.63) is 0 Å². The number of ether oxygens (including phenoxy) is 2. The number of fused-ring (bicyclic) bond motifs is 2. The molecule has 1 saturated carbocycles. The average Bonchev–Trinajstić information content (AvgIpc) is 2.67. The van der Waals surface area contributed by atoms with Crippen molar-refractivity contribution < 1.29 is 24.7 Å². The van der Waals surface area contributed by atoms with E-state index >= 15 is 0 Å². The number of amides is 1. The van der Waals surface area contributed by atoms with Crippen LogP contribution in [-0.2, 0) is 14.3 Å². The van der Waals surface area contributed by atoms with Gasteiger partial charge in [-0.2, -0.15) is 0 Å². The van der Waals surface area contributed by atoms with E-state index in [2.05, 4.69) is 5.32 Å². The lowest BCUT2D eigenvalue weighted by atomic mass is 9.66. The summed E-state index contributed by atoms with van der Waals surface area (Å²) in [5, 5.41) is 18.4. The summed E-state index contributed by atoms with van der Waals surface area (Å²) in [5.74, 6) is 1.39. The first-order valence-electron chi connectivity index (χ1n) is 9.86. The highest BCUT2D eigenvalue weighted by atomic mass is 32.2. The highest BCUT2D eigenvalue weighted by molar-refractivity contribution is 7.99. The number of nitrogens with zero attached hydrogens (tertiary/aromatic N) is 1. The van der Waals surface area contributed by atoms with Gasteiger partial charge in [0.1, 0.15) is 0 Å². The van der Waals surface area contributed by atoms with Crippen LogP contribution in [0.5, 0.6) is 0 Å². The van der Waals surface area contributed by atoms with Crippen LogP contribution < -0.4 is 15.7 Å². The van der Waals surface area contributed by atoms with Gasteiger partial charge in [-0.25, -0.2) is 0 Å². The molecular formula is C18H31N3O4S. The van der Waals surface area contributed by atoms with E-state index in [4.69, 9.17) is 9.47 Å². The molecule has 7 nitrogen and oxygen atoms in total. The van der Waals surface area contributed by atoms with E-state index in [-0.39, 0.29) is 29.7 Å². The molecule has 8 atom stereocenters. The Balaban J connectivity index is 1.55. The van der Waals surface area contributed by atoms with Crippen molar-refractivity contribution in [3.63, 3.8) is 0 Å². The number of thioether (sulfide) groups is 1. The summed E-state index contributed by atoms with van der Waals surface area (Å²) in [4.78, 5) is 15.1. The van der Waals surface area contributed by atoms with Crippen LogP contribution >= 0.6 is 11.8 Å². The van der Waals surface area contributed by atoms with E-state index in [9.17, 15) is 9.90 Å². The number of hydrogen-bond donors (Lipinski definition) is 2. The van der Waals surface area contributed by atoms with Gasteiger partial charge in [0.15, 0.2) is 0 Å². The van der Waals surface area contributed by atoms with Crippen LogP contribution in [0.3, 0.4) is 0 Å². The van der Waals surface area contributed by atoms with E-state index in [1.54, 1.807) is 26.0 Å². The number of quaternary nitrogens is 1. The zero-order chi connectivity index (χ0) is 18.3. The maximum atomic E-state index is 13.2. The number of rotatable bonds is 3. The number of nitrogens with two attached hydrogens (primary N) is 1. The molecule has 0 aromatic heterocycles. The first-order valence-corrected chi connectivity index (χ1v) is 10.9. The van der Waals surface area contributed by atoms with Crippen molar-refractivity contribution >= 4 is 17.7 Å². The van der Waals surface area contributed by atoms with E-state index in [0.717, 1.165) is 44.5 Å². The molecule has 1 aliphatic carbocycles. The molecule has 148 valence electrons. The lowest BCUT2D eigenvalue weighted by molar-refractivity contribution is -0.841. The summed E-state index contributed by atoms with van der Waals surface area (Å²) < 4.78 is 11.3. The fourth-order valence-electron chi connectivity index (χ4n) is 5.51. The number of methoxy groups -OCH3 is 2. The largest absolute Gasteiger partial charge is 0.806 e. The molecule has 0 bridgehead atoms. The fourth-order valence-corrected chi connectivity index (χ4v) is 6.70. The quantitative estimate of drug-likeness (QED) is 0.617. The maximum absolute atomic E-state index is 13.2. The predicted molar refractivity (Wildman–Crippen MR) is 96.0 cm³/mol. The molecule has 8 heteroatoms. The van der Waals surface area contributed by atoms with Crippen LogP contribution in [0, 0.1) is 17.8 Å². The number of piperidine rings is 1. The van der Waals surface area contributed by atoms with E-state index < -0.39 is 12.1 Å². The van der Waals surface area contributed by atoms with E-state index in [1.165, 1.54) is 0 Å². The van der Waals surface area contributed by atoms with Gasteiger partial charge in [-0.15, -0.1) is 0 Å². The Morgan fingerprint density at radius 1 is 1.27 bits per heavy atom. The van der Waals surface area contributed by atoms with Gasteiger partial charge in [0.2, 0.25) is 11.4 Å². The van der Waals surface area contributed by atoms with Crippen LogP contribution in [-0.4, -0.2) is 73.8 Å². The van der Waals surface area contributed by atoms with Gasteiger partial charge in [0.05, 0.1) is 18.1 Å². The summed E-state index contributed by atoms with van der Waals surface area (Å²) in [6.45, 7) is 1.65. The second-order valence-corrected chi connectivity index (χ2v) is 9.27. The molecule has 7 unspecified atom stereocenters. The normalized spacial score (nSPS) is 46.6. The molecule has 3 saturated heterocycles. The smallest absolute Gasteiger partial charge is 0.236 e. The van der Waals surface area contributed by atoms with Crippen LogP contribution in [0.25, 0.3) is 0 Å². The Morgan fingerprint density at radius 3 is 2.81 bits per heavy atom. The SMILES string of the molecule is COC1CC2CCN[C@H](C3C(=O)N4CCCSC4[NH2+]C3[O-])C2CC1OC. The van der Waals surface area contributed by atoms with Gasteiger partial charge in [-0.3, -0.25) is 9.69 Å². The Bertz CT molecular complexity index is 525. The van der Waals surface area contributed by atoms with Crippen molar-refractivity contribution in [3.8, 4) is 0 Å². The van der Waals surface area contributed by atoms with Gasteiger partial charge < -0.3 is 25.2 Å². The monoisotopic (exact) mass is 385 g/mol. The molecule has 4 fully saturated rings. The standard InChI is InChI=1S/C18H30N3O4S/c1-24-12-8-10-4-5-19-15(11(10)9-13(12)25-2)14-16(22)20-18-21(17(14)23)6-3-7-26-18/h10-16,18-20H,3-9H2,1-2H3/q-1/p+1/t10?,11?,12?,13?,14?,15-,16?,18?/m0/s1. The molecule has 0 aromatic carbocycles. The minimum Gasteiger partial charge on any atom is -0.806 e. The first-order chi connectivity index (χ1) is 12.6. The molecule has 3 N–H and O–H groups in total. The zero-order valence-electron chi connectivity index (χ0n) is 15.6. The molecule has 0 radical (unpaired) electrons. The Labute approximate surface area is 159 Å². The van der Waals surface area contributed by atoms with Crippen molar-refractivity contribution in [1.82, 2.24) is 10.2 Å². The summed E-state index contributed by atoms with van der Waals surface area (Å²) in [5.41, 5.74) is -0.0228. The number of carbonyl (C=O) groups is 1. The summed E-state index contributed by atoms with van der Waals surface area (Å²) in [6.07, 6.45) is 3.12. The van der Waals surface area contributed by atoms with Gasteiger partial charge in [0, 0.05) is 38.8 Å². The second kappa shape index (κ2) is 7.93. The third kappa shape index (κ3) is 3.29. The molecule has 4 aliphatic rings. The number of carbonyl (C=O) groups excluding carboxylic acids is 1. The third-order valence-electron chi connectivity index (χ3n) is 6.82. The molecule has 4 rings (SSSR count). The van der Waals surface area contributed by atoms with Gasteiger partial charge >= 0.3 is 0 Å². The molecule has 3 heterocycles. The summed E-state index contributed by atoms with van der Waals surface area (Å²) in [6, 6.07) is -0.0525. The first kappa shape index (κ1) is 19.0. The molecule has 0 aromatic rings. The summed E-state index contributed by atoms with van der Waals surface area (Å²) >= 11 is 1.73.